The minimum atomic E-state index is 0.118. The number of ether oxygens (including phenoxy) is 1. The second kappa shape index (κ2) is 6.39. The number of nitrogens with one attached hydrogen (secondary N) is 1. The van der Waals surface area contributed by atoms with E-state index in [0.29, 0.717) is 12.5 Å². The summed E-state index contributed by atoms with van der Waals surface area (Å²) in [6.07, 6.45) is 2.74. The predicted molar refractivity (Wildman–Crippen MR) is 66.4 cm³/mol. The van der Waals surface area contributed by atoms with Crippen molar-refractivity contribution in [3.8, 4) is 6.07 Å². The van der Waals surface area contributed by atoms with Gasteiger partial charge in [0.1, 0.15) is 0 Å². The molecule has 1 heterocycles. The second-order valence-corrected chi connectivity index (χ2v) is 4.41. The van der Waals surface area contributed by atoms with Crippen LogP contribution in [0.15, 0.2) is 30.3 Å². The van der Waals surface area contributed by atoms with Crippen LogP contribution in [0.3, 0.4) is 0 Å². The molecule has 2 atom stereocenters. The van der Waals surface area contributed by atoms with Crippen LogP contribution in [0.1, 0.15) is 30.9 Å². The maximum atomic E-state index is 8.91. The molecule has 0 aliphatic carbocycles. The number of hydrogen-bond acceptors (Lipinski definition) is 3. The maximum absolute atomic E-state index is 8.91. The van der Waals surface area contributed by atoms with Crippen molar-refractivity contribution in [2.45, 2.75) is 31.3 Å². The minimum absolute atomic E-state index is 0.118. The van der Waals surface area contributed by atoms with E-state index in [2.05, 4.69) is 23.5 Å². The Kier molecular flexibility index (Phi) is 4.54. The average Bonchev–Trinajstić information content (AvgIpc) is 2.40. The Balaban J connectivity index is 1.99. The molecule has 2 rings (SSSR count). The van der Waals surface area contributed by atoms with Crippen LogP contribution in [0.25, 0.3) is 0 Å². The van der Waals surface area contributed by atoms with Gasteiger partial charge in [-0.2, -0.15) is 5.26 Å². The molecule has 0 saturated carbocycles. The van der Waals surface area contributed by atoms with Crippen molar-refractivity contribution in [3.05, 3.63) is 35.9 Å². The van der Waals surface area contributed by atoms with Gasteiger partial charge in [-0.3, -0.25) is 0 Å². The third kappa shape index (κ3) is 3.55. The first-order valence-corrected chi connectivity index (χ1v) is 6.16. The molecule has 1 aliphatic rings. The molecule has 0 radical (unpaired) electrons. The topological polar surface area (TPSA) is 45.0 Å². The quantitative estimate of drug-likeness (QED) is 0.864. The molecule has 2 unspecified atom stereocenters. The molecule has 90 valence electrons. The van der Waals surface area contributed by atoms with E-state index < -0.39 is 0 Å². The van der Waals surface area contributed by atoms with Gasteiger partial charge in [0.05, 0.1) is 19.1 Å². The molecular formula is C14H18N2O. The number of rotatable bonds is 4. The van der Waals surface area contributed by atoms with Crippen molar-refractivity contribution in [3.63, 3.8) is 0 Å². The smallest absolute Gasteiger partial charge is 0.0641 e. The summed E-state index contributed by atoms with van der Waals surface area (Å²) in [6.45, 7) is 1.63. The molecule has 1 aliphatic heterocycles. The van der Waals surface area contributed by atoms with Gasteiger partial charge in [0.2, 0.25) is 0 Å². The molecule has 0 amide bonds. The van der Waals surface area contributed by atoms with Crippen LogP contribution in [-0.4, -0.2) is 19.3 Å². The van der Waals surface area contributed by atoms with Crippen LogP contribution in [-0.2, 0) is 4.74 Å². The lowest BCUT2D eigenvalue weighted by Gasteiger charge is -2.27. The van der Waals surface area contributed by atoms with Crippen molar-refractivity contribution in [1.29, 1.82) is 5.26 Å². The molecule has 1 N–H and O–H groups in total. The van der Waals surface area contributed by atoms with Gasteiger partial charge in [-0.1, -0.05) is 30.3 Å². The van der Waals surface area contributed by atoms with Crippen LogP contribution in [0.5, 0.6) is 0 Å². The number of nitriles is 1. The summed E-state index contributed by atoms with van der Waals surface area (Å²) in [5.41, 5.74) is 1.18. The van der Waals surface area contributed by atoms with E-state index in [1.807, 2.05) is 18.2 Å². The van der Waals surface area contributed by atoms with Gasteiger partial charge >= 0.3 is 0 Å². The summed E-state index contributed by atoms with van der Waals surface area (Å²) in [7, 11) is 0. The van der Waals surface area contributed by atoms with Crippen molar-refractivity contribution < 1.29 is 4.74 Å². The Labute approximate surface area is 102 Å². The Morgan fingerprint density at radius 3 is 2.88 bits per heavy atom. The summed E-state index contributed by atoms with van der Waals surface area (Å²) in [4.78, 5) is 0. The van der Waals surface area contributed by atoms with Crippen LogP contribution in [0.2, 0.25) is 0 Å². The lowest BCUT2D eigenvalue weighted by Crippen LogP contribution is -2.39. The van der Waals surface area contributed by atoms with Crippen molar-refractivity contribution in [2.75, 3.05) is 13.2 Å². The SMILES string of the molecule is N#CCC(NC1CCCOC1)c1ccccc1. The molecule has 0 spiro atoms. The second-order valence-electron chi connectivity index (χ2n) is 4.41. The summed E-state index contributed by atoms with van der Waals surface area (Å²) in [6, 6.07) is 12.9. The van der Waals surface area contributed by atoms with E-state index in [4.69, 9.17) is 10.00 Å². The minimum Gasteiger partial charge on any atom is -0.380 e. The van der Waals surface area contributed by atoms with Gasteiger partial charge in [-0.15, -0.1) is 0 Å². The Hall–Kier alpha value is -1.37. The fraction of sp³-hybridized carbons (Fsp3) is 0.500. The van der Waals surface area contributed by atoms with E-state index >= 15 is 0 Å². The van der Waals surface area contributed by atoms with Crippen molar-refractivity contribution in [2.24, 2.45) is 0 Å². The van der Waals surface area contributed by atoms with Crippen LogP contribution >= 0.6 is 0 Å². The van der Waals surface area contributed by atoms with Gasteiger partial charge in [-0.25, -0.2) is 0 Å². The fourth-order valence-electron chi connectivity index (χ4n) is 2.21. The number of nitrogens with zero attached hydrogens (tertiary/aromatic N) is 1. The highest BCUT2D eigenvalue weighted by Crippen LogP contribution is 2.18. The zero-order chi connectivity index (χ0) is 11.9. The van der Waals surface area contributed by atoms with Crippen LogP contribution in [0.4, 0.5) is 0 Å². The van der Waals surface area contributed by atoms with Gasteiger partial charge < -0.3 is 10.1 Å². The molecule has 1 saturated heterocycles. The predicted octanol–water partition coefficient (Wildman–Crippen LogP) is 2.41. The van der Waals surface area contributed by atoms with E-state index in [0.717, 1.165) is 26.1 Å². The standard InChI is InChI=1S/C14H18N2O/c15-9-8-14(12-5-2-1-3-6-12)16-13-7-4-10-17-11-13/h1-3,5-6,13-14,16H,4,7-8,10-11H2. The highest BCUT2D eigenvalue weighted by molar-refractivity contribution is 5.20. The first-order chi connectivity index (χ1) is 8.40. The fourth-order valence-corrected chi connectivity index (χ4v) is 2.21. The summed E-state index contributed by atoms with van der Waals surface area (Å²) in [5.74, 6) is 0. The van der Waals surface area contributed by atoms with Crippen molar-refractivity contribution >= 4 is 0 Å². The molecule has 3 heteroatoms. The lowest BCUT2D eigenvalue weighted by atomic mass is 10.0. The molecule has 0 bridgehead atoms. The molecule has 1 aromatic rings. The van der Waals surface area contributed by atoms with Gasteiger partial charge in [-0.05, 0) is 18.4 Å². The first kappa shape index (κ1) is 12.1. The van der Waals surface area contributed by atoms with Gasteiger partial charge in [0.25, 0.3) is 0 Å². The summed E-state index contributed by atoms with van der Waals surface area (Å²) < 4.78 is 5.45. The lowest BCUT2D eigenvalue weighted by molar-refractivity contribution is 0.0665. The Bertz CT molecular complexity index is 366. The average molecular weight is 230 g/mol. The van der Waals surface area contributed by atoms with Crippen LogP contribution < -0.4 is 5.32 Å². The molecule has 1 fully saturated rings. The third-order valence-corrected chi connectivity index (χ3v) is 3.09. The van der Waals surface area contributed by atoms with Crippen LogP contribution in [0, 0.1) is 11.3 Å². The highest BCUT2D eigenvalue weighted by Gasteiger charge is 2.19. The zero-order valence-electron chi connectivity index (χ0n) is 9.93. The molecule has 17 heavy (non-hydrogen) atoms. The molecule has 1 aromatic carbocycles. The Morgan fingerprint density at radius 1 is 1.41 bits per heavy atom. The third-order valence-electron chi connectivity index (χ3n) is 3.09. The van der Waals surface area contributed by atoms with Crippen molar-refractivity contribution in [1.82, 2.24) is 5.32 Å². The maximum Gasteiger partial charge on any atom is 0.0641 e. The summed E-state index contributed by atoms with van der Waals surface area (Å²) >= 11 is 0. The normalized spacial score (nSPS) is 21.7. The monoisotopic (exact) mass is 230 g/mol. The molecule has 0 aromatic heterocycles. The first-order valence-electron chi connectivity index (χ1n) is 6.16. The Morgan fingerprint density at radius 2 is 2.24 bits per heavy atom. The molecule has 3 nitrogen and oxygen atoms in total. The van der Waals surface area contributed by atoms with E-state index in [1.165, 1.54) is 5.56 Å². The summed E-state index contributed by atoms with van der Waals surface area (Å²) in [5, 5.41) is 12.4. The van der Waals surface area contributed by atoms with E-state index in [-0.39, 0.29) is 6.04 Å². The highest BCUT2D eigenvalue weighted by atomic mass is 16.5. The van der Waals surface area contributed by atoms with Gasteiger partial charge in [0, 0.05) is 18.7 Å². The largest absolute Gasteiger partial charge is 0.380 e. The zero-order valence-corrected chi connectivity index (χ0v) is 9.93. The van der Waals surface area contributed by atoms with E-state index in [1.54, 1.807) is 0 Å². The number of benzene rings is 1. The van der Waals surface area contributed by atoms with E-state index in [9.17, 15) is 0 Å². The van der Waals surface area contributed by atoms with Gasteiger partial charge in [0.15, 0.2) is 0 Å². The number of hydrogen-bond donors (Lipinski definition) is 1. The molecular weight excluding hydrogens is 212 g/mol.